The Hall–Kier alpha value is -0.270. The van der Waals surface area contributed by atoms with Crippen molar-refractivity contribution in [1.29, 1.82) is 0 Å². The van der Waals surface area contributed by atoms with Crippen molar-refractivity contribution in [2.75, 3.05) is 6.54 Å². The van der Waals surface area contributed by atoms with E-state index in [1.54, 1.807) is 0 Å². The Kier molecular flexibility index (Phi) is 8.97. The van der Waals surface area contributed by atoms with Gasteiger partial charge in [0.05, 0.1) is 23.7 Å². The van der Waals surface area contributed by atoms with Crippen LogP contribution in [0.1, 0.15) is 59.3 Å². The first-order chi connectivity index (χ1) is 14.6. The lowest BCUT2D eigenvalue weighted by atomic mass is 10.1. The molecule has 2 aromatic rings. The minimum absolute atomic E-state index is 0.839. The Bertz CT molecular complexity index is 744. The third-order valence-electron chi connectivity index (χ3n) is 6.79. The fourth-order valence-corrected chi connectivity index (χ4v) is 23.1. The molecule has 2 aromatic carbocycles. The van der Waals surface area contributed by atoms with E-state index in [4.69, 9.17) is 0 Å². The summed E-state index contributed by atoms with van der Waals surface area (Å²) in [5.74, 6) is 2.37. The molecule has 0 amide bonds. The van der Waals surface area contributed by atoms with Gasteiger partial charge in [-0.3, -0.25) is 0 Å². The van der Waals surface area contributed by atoms with Crippen LogP contribution >= 0.6 is 34.5 Å². The molecule has 0 radical (unpaired) electrons. The summed E-state index contributed by atoms with van der Waals surface area (Å²) in [4.78, 5) is 0. The third-order valence-corrected chi connectivity index (χ3v) is 23.7. The summed E-state index contributed by atoms with van der Waals surface area (Å²) < 4.78 is 3.08. The molecular formula is C26H38INP2+2. The smallest absolute Gasteiger partial charge is 0.0653 e. The summed E-state index contributed by atoms with van der Waals surface area (Å²) in [6.45, 7) is 12.9. The molecule has 0 spiro atoms. The molecule has 3 atom stereocenters. The maximum absolute atomic E-state index is 4.54. The summed E-state index contributed by atoms with van der Waals surface area (Å²) in [6.07, 6.45) is 7.89. The summed E-state index contributed by atoms with van der Waals surface area (Å²) in [7, 11) is -1.90. The topological polar surface area (TPSA) is 3.24 Å². The zero-order valence-corrected chi connectivity index (χ0v) is 22.8. The average molecular weight is 553 g/mol. The second kappa shape index (κ2) is 11.0. The number of benzene rings is 2. The molecule has 3 rings (SSSR count). The number of halogens is 1. The van der Waals surface area contributed by atoms with Crippen LogP contribution in [-0.4, -0.2) is 22.3 Å². The molecule has 1 unspecified atom stereocenters. The van der Waals surface area contributed by atoms with Gasteiger partial charge in [0.2, 0.25) is 7.41 Å². The van der Waals surface area contributed by atoms with Gasteiger partial charge in [-0.2, -0.15) is 0 Å². The van der Waals surface area contributed by atoms with Gasteiger partial charge >= 0.3 is 0 Å². The first-order valence-electron chi connectivity index (χ1n) is 11.6. The van der Waals surface area contributed by atoms with E-state index >= 15 is 0 Å². The van der Waals surface area contributed by atoms with Crippen LogP contribution in [0.25, 0.3) is 0 Å². The predicted molar refractivity (Wildman–Crippen MR) is 149 cm³/mol. The molecule has 1 heterocycles. The van der Waals surface area contributed by atoms with Crippen LogP contribution in [-0.2, 0) is 0 Å². The summed E-state index contributed by atoms with van der Waals surface area (Å²) in [6, 6.07) is 22.6. The van der Waals surface area contributed by atoms with E-state index < -0.39 is 12.5 Å². The molecule has 0 bridgehead atoms. The van der Waals surface area contributed by atoms with Crippen LogP contribution in [0.2, 0.25) is 0 Å². The van der Waals surface area contributed by atoms with Crippen LogP contribution in [0, 0.1) is 0 Å². The van der Waals surface area contributed by atoms with Crippen LogP contribution in [0.5, 0.6) is 0 Å². The van der Waals surface area contributed by atoms with Gasteiger partial charge in [-0.1, -0.05) is 70.2 Å². The molecule has 0 aliphatic carbocycles. The van der Waals surface area contributed by atoms with E-state index in [-0.39, 0.29) is 0 Å². The number of hydrogen-bond donors (Lipinski definition) is 0. The van der Waals surface area contributed by atoms with Crippen molar-refractivity contribution in [3.8, 4) is 0 Å². The molecule has 162 valence electrons. The highest BCUT2D eigenvalue weighted by atomic mass is 127. The lowest BCUT2D eigenvalue weighted by Crippen LogP contribution is -2.38. The maximum Gasteiger partial charge on any atom is 0.211 e. The van der Waals surface area contributed by atoms with Crippen LogP contribution < -0.4 is 10.6 Å². The van der Waals surface area contributed by atoms with Gasteiger partial charge < -0.3 is 0 Å². The second-order valence-electron chi connectivity index (χ2n) is 8.34. The van der Waals surface area contributed by atoms with E-state index in [9.17, 15) is 0 Å². The van der Waals surface area contributed by atoms with E-state index in [0.29, 0.717) is 0 Å². The predicted octanol–water partition coefficient (Wildman–Crippen LogP) is 8.45. The van der Waals surface area contributed by atoms with Crippen molar-refractivity contribution < 1.29 is 0 Å². The minimum Gasteiger partial charge on any atom is -0.0653 e. The zero-order chi connectivity index (χ0) is 21.6. The van der Waals surface area contributed by atoms with Crippen molar-refractivity contribution in [1.82, 2.24) is 4.44 Å². The lowest BCUT2D eigenvalue weighted by Gasteiger charge is -2.41. The molecule has 4 heteroatoms. The van der Waals surface area contributed by atoms with Gasteiger partial charge in [0.1, 0.15) is 10.6 Å². The van der Waals surface area contributed by atoms with Crippen molar-refractivity contribution in [2.45, 2.75) is 70.6 Å². The van der Waals surface area contributed by atoms with E-state index in [0.717, 1.165) is 11.3 Å². The SMILES string of the molecule is C=C[P+](c1ccccc1)(c1ccccc1)N(CCCC)[P+]1(I)[C@H](CC)CC[C@@H]1CC. The molecule has 0 N–H and O–H groups in total. The van der Waals surface area contributed by atoms with Crippen LogP contribution in [0.4, 0.5) is 0 Å². The lowest BCUT2D eigenvalue weighted by molar-refractivity contribution is 0.621. The van der Waals surface area contributed by atoms with Crippen molar-refractivity contribution >= 4 is 45.1 Å². The normalized spacial score (nSPS) is 24.3. The molecule has 1 aliphatic heterocycles. The van der Waals surface area contributed by atoms with E-state index in [1.165, 1.54) is 55.7 Å². The minimum atomic E-state index is -1.90. The van der Waals surface area contributed by atoms with Gasteiger partial charge in [0.15, 0.2) is 27.1 Å². The standard InChI is InChI=1S/C26H38INP2/c1-5-9-22-28(30(27)23(6-2)20-21-24(30)7-3)29(8-4,25-16-12-10-13-17-25)26-18-14-11-15-19-26/h8,10-19,23-24H,4-7,9,20-22H2,1-3H3/q+2/t23-,24+,30?. The quantitative estimate of drug-likeness (QED) is 0.211. The van der Waals surface area contributed by atoms with Crippen molar-refractivity contribution in [2.24, 2.45) is 0 Å². The fraction of sp³-hybridized carbons (Fsp3) is 0.462. The Morgan fingerprint density at radius 2 is 1.40 bits per heavy atom. The first kappa shape index (κ1) is 24.4. The highest BCUT2D eigenvalue weighted by Crippen LogP contribution is 2.89. The first-order valence-corrected chi connectivity index (χ1v) is 18.1. The Morgan fingerprint density at radius 1 is 0.933 bits per heavy atom. The number of rotatable bonds is 10. The van der Waals surface area contributed by atoms with Gasteiger partial charge in [-0.05, 0) is 60.8 Å². The van der Waals surface area contributed by atoms with Gasteiger partial charge in [0, 0.05) is 0 Å². The summed E-state index contributed by atoms with van der Waals surface area (Å²) in [5.41, 5.74) is 1.68. The number of unbranched alkanes of at least 4 members (excludes halogenated alkanes) is 1. The molecule has 1 fully saturated rings. The second-order valence-corrected chi connectivity index (χ2v) is 19.8. The highest BCUT2D eigenvalue weighted by molar-refractivity contribution is 14.2. The monoisotopic (exact) mass is 553 g/mol. The highest BCUT2D eigenvalue weighted by Gasteiger charge is 2.68. The molecule has 0 saturated carbocycles. The van der Waals surface area contributed by atoms with E-state index in [1.807, 2.05) is 0 Å². The van der Waals surface area contributed by atoms with Crippen molar-refractivity contribution in [3.63, 3.8) is 0 Å². The zero-order valence-electron chi connectivity index (χ0n) is 18.9. The molecule has 1 saturated heterocycles. The van der Waals surface area contributed by atoms with Gasteiger partial charge in [-0.15, -0.1) is 0 Å². The molecule has 1 aliphatic rings. The van der Waals surface area contributed by atoms with Crippen molar-refractivity contribution in [3.05, 3.63) is 73.1 Å². The van der Waals surface area contributed by atoms with Gasteiger partial charge in [-0.25, -0.2) is 0 Å². The average Bonchev–Trinajstić information content (AvgIpc) is 3.13. The van der Waals surface area contributed by atoms with E-state index in [2.05, 4.69) is 120 Å². The summed E-state index contributed by atoms with van der Waals surface area (Å²) in [5, 5.41) is 1.57. The Labute approximate surface area is 199 Å². The van der Waals surface area contributed by atoms with Gasteiger partial charge in [0.25, 0.3) is 0 Å². The molecule has 30 heavy (non-hydrogen) atoms. The fourth-order valence-electron chi connectivity index (χ4n) is 5.20. The Balaban J connectivity index is 2.29. The maximum atomic E-state index is 4.54. The number of nitrogens with zero attached hydrogens (tertiary/aromatic N) is 1. The molecule has 1 nitrogen and oxygen atoms in total. The van der Waals surface area contributed by atoms with Crippen LogP contribution in [0.15, 0.2) is 73.1 Å². The summed E-state index contributed by atoms with van der Waals surface area (Å²) >= 11 is 3.01. The third kappa shape index (κ3) is 4.32. The molecular weight excluding hydrogens is 515 g/mol. The van der Waals surface area contributed by atoms with Crippen LogP contribution in [0.3, 0.4) is 0 Å². The number of hydrogen-bond acceptors (Lipinski definition) is 1. The largest absolute Gasteiger partial charge is 0.211 e. The molecule has 0 aromatic heterocycles. The Morgan fingerprint density at radius 3 is 1.77 bits per heavy atom.